The molecule has 1 aliphatic heterocycles. The number of ether oxygens (including phenoxy) is 3. The van der Waals surface area contributed by atoms with E-state index in [9.17, 15) is 0 Å². The van der Waals surface area contributed by atoms with E-state index in [1.807, 2.05) is 0 Å². The zero-order valence-corrected chi connectivity index (χ0v) is 18.2. The van der Waals surface area contributed by atoms with Gasteiger partial charge in [-0.2, -0.15) is 0 Å². The van der Waals surface area contributed by atoms with Crippen LogP contribution < -0.4 is 4.74 Å². The summed E-state index contributed by atoms with van der Waals surface area (Å²) >= 11 is 3.61. The van der Waals surface area contributed by atoms with E-state index in [-0.39, 0.29) is 6.29 Å². The first kappa shape index (κ1) is 21.4. The predicted molar refractivity (Wildman–Crippen MR) is 117 cm³/mol. The Morgan fingerprint density at radius 2 is 1.54 bits per heavy atom. The first-order valence-electron chi connectivity index (χ1n) is 10.5. The van der Waals surface area contributed by atoms with Crippen molar-refractivity contribution in [2.24, 2.45) is 0 Å². The zero-order chi connectivity index (χ0) is 19.4. The van der Waals surface area contributed by atoms with Crippen LogP contribution in [0, 0.1) is 0 Å². The predicted octanol–water partition coefficient (Wildman–Crippen LogP) is 6.52. The molecule has 3 nitrogen and oxygen atoms in total. The third-order valence-electron chi connectivity index (χ3n) is 4.98. The molecule has 152 valence electrons. The lowest BCUT2D eigenvalue weighted by Crippen LogP contribution is -2.06. The van der Waals surface area contributed by atoms with E-state index < -0.39 is 0 Å². The summed E-state index contributed by atoms with van der Waals surface area (Å²) < 4.78 is 18.0. The smallest absolute Gasteiger partial charge is 0.157 e. The van der Waals surface area contributed by atoms with Gasteiger partial charge in [-0.1, -0.05) is 71.9 Å². The molecule has 3 rings (SSSR count). The molecule has 2 aromatic rings. The van der Waals surface area contributed by atoms with Crippen LogP contribution in [0.2, 0.25) is 0 Å². The molecule has 2 aromatic carbocycles. The maximum atomic E-state index is 6.00. The summed E-state index contributed by atoms with van der Waals surface area (Å²) in [5.74, 6) is 0.955. The van der Waals surface area contributed by atoms with E-state index in [1.54, 1.807) is 0 Å². The molecule has 1 fully saturated rings. The van der Waals surface area contributed by atoms with E-state index in [0.717, 1.165) is 49.3 Å². The Hall–Kier alpha value is -1.36. The molecule has 28 heavy (non-hydrogen) atoms. The topological polar surface area (TPSA) is 27.7 Å². The second-order valence-electron chi connectivity index (χ2n) is 7.39. The van der Waals surface area contributed by atoms with Gasteiger partial charge in [0.05, 0.1) is 19.8 Å². The van der Waals surface area contributed by atoms with Gasteiger partial charge in [0.2, 0.25) is 0 Å². The molecule has 0 unspecified atom stereocenters. The van der Waals surface area contributed by atoms with Crippen LogP contribution in [-0.2, 0) is 15.9 Å². The lowest BCUT2D eigenvalue weighted by Gasteiger charge is -2.10. The van der Waals surface area contributed by atoms with Crippen LogP contribution in [0.25, 0.3) is 0 Å². The van der Waals surface area contributed by atoms with E-state index in [0.29, 0.717) is 0 Å². The van der Waals surface area contributed by atoms with Gasteiger partial charge in [0.15, 0.2) is 6.29 Å². The molecule has 0 radical (unpaired) electrons. The molecular formula is C24H31BrO3. The molecule has 4 heteroatoms. The summed E-state index contributed by atoms with van der Waals surface area (Å²) in [6.45, 7) is 2.30. The lowest BCUT2D eigenvalue weighted by atomic mass is 10.1. The van der Waals surface area contributed by atoms with Crippen LogP contribution in [0.3, 0.4) is 0 Å². The van der Waals surface area contributed by atoms with Gasteiger partial charge in [-0.05, 0) is 55.0 Å². The van der Waals surface area contributed by atoms with Crippen LogP contribution in [0.15, 0.2) is 53.0 Å². The Bertz CT molecular complexity index is 684. The molecular weight excluding hydrogens is 416 g/mol. The van der Waals surface area contributed by atoms with Crippen molar-refractivity contribution >= 4 is 15.9 Å². The first-order chi connectivity index (χ1) is 13.8. The Morgan fingerprint density at radius 1 is 0.821 bits per heavy atom. The van der Waals surface area contributed by atoms with E-state index >= 15 is 0 Å². The Kier molecular flexibility index (Phi) is 9.35. The fourth-order valence-corrected chi connectivity index (χ4v) is 4.04. The number of unbranched alkanes of at least 4 members (excludes halogenated alkanes) is 5. The molecule has 0 bridgehead atoms. The minimum Gasteiger partial charge on any atom is -0.494 e. The number of hydrogen-bond acceptors (Lipinski definition) is 3. The highest BCUT2D eigenvalue weighted by Gasteiger charge is 2.14. The van der Waals surface area contributed by atoms with Crippen molar-refractivity contribution in [1.82, 2.24) is 0 Å². The SMILES string of the molecule is Brc1cc(Cc2ccccc2)cc(OCCCCCCCCC2OCCO2)c1. The number of benzene rings is 2. The Balaban J connectivity index is 1.28. The largest absolute Gasteiger partial charge is 0.494 e. The van der Waals surface area contributed by atoms with E-state index in [2.05, 4.69) is 64.5 Å². The molecule has 0 atom stereocenters. The summed E-state index contributed by atoms with van der Waals surface area (Å²) in [6, 6.07) is 16.9. The third kappa shape index (κ3) is 7.94. The quantitative estimate of drug-likeness (QED) is 0.347. The van der Waals surface area contributed by atoms with Gasteiger partial charge < -0.3 is 14.2 Å². The molecule has 0 aliphatic carbocycles. The number of rotatable bonds is 12. The second kappa shape index (κ2) is 12.3. The number of hydrogen-bond donors (Lipinski definition) is 0. The average molecular weight is 447 g/mol. The minimum atomic E-state index is 0.0605. The second-order valence-corrected chi connectivity index (χ2v) is 8.30. The van der Waals surface area contributed by atoms with E-state index in [4.69, 9.17) is 14.2 Å². The summed E-state index contributed by atoms with van der Waals surface area (Å²) in [6.07, 6.45) is 9.37. The van der Waals surface area contributed by atoms with Crippen LogP contribution in [0.5, 0.6) is 5.75 Å². The van der Waals surface area contributed by atoms with Gasteiger partial charge in [0, 0.05) is 4.47 Å². The van der Waals surface area contributed by atoms with Crippen LogP contribution in [-0.4, -0.2) is 26.1 Å². The fraction of sp³-hybridized carbons (Fsp3) is 0.500. The van der Waals surface area contributed by atoms with Crippen molar-refractivity contribution in [2.45, 2.75) is 57.7 Å². The van der Waals surface area contributed by atoms with Crippen molar-refractivity contribution in [1.29, 1.82) is 0 Å². The van der Waals surface area contributed by atoms with Crippen molar-refractivity contribution < 1.29 is 14.2 Å². The number of halogens is 1. The lowest BCUT2D eigenvalue weighted by molar-refractivity contribution is -0.0480. The third-order valence-corrected chi connectivity index (χ3v) is 5.43. The summed E-state index contributed by atoms with van der Waals surface area (Å²) in [4.78, 5) is 0. The molecule has 0 amide bonds. The summed E-state index contributed by atoms with van der Waals surface area (Å²) in [5, 5.41) is 0. The first-order valence-corrected chi connectivity index (χ1v) is 11.3. The summed E-state index contributed by atoms with van der Waals surface area (Å²) in [5.41, 5.74) is 2.59. The molecule has 1 heterocycles. The Morgan fingerprint density at radius 3 is 2.32 bits per heavy atom. The Labute approximate surface area is 177 Å². The highest BCUT2D eigenvalue weighted by atomic mass is 79.9. The van der Waals surface area contributed by atoms with Crippen LogP contribution in [0.4, 0.5) is 0 Å². The van der Waals surface area contributed by atoms with Gasteiger partial charge in [-0.3, -0.25) is 0 Å². The van der Waals surface area contributed by atoms with E-state index in [1.165, 1.54) is 43.2 Å². The molecule has 0 spiro atoms. The molecule has 1 aliphatic rings. The van der Waals surface area contributed by atoms with Gasteiger partial charge in [-0.15, -0.1) is 0 Å². The fourth-order valence-electron chi connectivity index (χ4n) is 3.52. The maximum absolute atomic E-state index is 6.00. The molecule has 1 saturated heterocycles. The monoisotopic (exact) mass is 446 g/mol. The van der Waals surface area contributed by atoms with Gasteiger partial charge >= 0.3 is 0 Å². The van der Waals surface area contributed by atoms with Crippen molar-refractivity contribution in [3.8, 4) is 5.75 Å². The molecule has 0 aromatic heterocycles. The minimum absolute atomic E-state index is 0.0605. The maximum Gasteiger partial charge on any atom is 0.157 e. The van der Waals surface area contributed by atoms with Crippen LogP contribution >= 0.6 is 15.9 Å². The zero-order valence-electron chi connectivity index (χ0n) is 16.6. The highest BCUT2D eigenvalue weighted by Crippen LogP contribution is 2.24. The van der Waals surface area contributed by atoms with Crippen molar-refractivity contribution in [3.05, 3.63) is 64.1 Å². The molecule has 0 N–H and O–H groups in total. The summed E-state index contributed by atoms with van der Waals surface area (Å²) in [7, 11) is 0. The normalized spacial score (nSPS) is 14.5. The molecule has 0 saturated carbocycles. The van der Waals surface area contributed by atoms with Gasteiger partial charge in [-0.25, -0.2) is 0 Å². The highest BCUT2D eigenvalue weighted by molar-refractivity contribution is 9.10. The van der Waals surface area contributed by atoms with Gasteiger partial charge in [0.25, 0.3) is 0 Å². The average Bonchev–Trinajstić information content (AvgIpc) is 3.20. The van der Waals surface area contributed by atoms with Crippen molar-refractivity contribution in [2.75, 3.05) is 19.8 Å². The van der Waals surface area contributed by atoms with Crippen molar-refractivity contribution in [3.63, 3.8) is 0 Å². The standard InChI is InChI=1S/C24H31BrO3/c25-22-17-21(16-20-10-6-5-7-11-20)18-23(19-22)26-13-9-4-2-1-3-8-12-24-27-14-15-28-24/h5-7,10-11,17-19,24H,1-4,8-9,12-16H2. The van der Waals surface area contributed by atoms with Gasteiger partial charge in [0.1, 0.15) is 5.75 Å². The van der Waals surface area contributed by atoms with Crippen LogP contribution in [0.1, 0.15) is 56.1 Å².